The summed E-state index contributed by atoms with van der Waals surface area (Å²) in [6, 6.07) is 15.8. The summed E-state index contributed by atoms with van der Waals surface area (Å²) in [5.74, 6) is 0.951. The minimum Gasteiger partial charge on any atom is -0.306 e. The molecule has 2 fully saturated rings. The Labute approximate surface area is 227 Å². The number of likely N-dealkylation sites (N-methyl/N-ethyl adjacent to an activating group) is 1. The lowest BCUT2D eigenvalue weighted by Gasteiger charge is -2.09. The smallest absolute Gasteiger partial charge is 0.132 e. The number of hydrogen-bond acceptors (Lipinski definition) is 3. The Morgan fingerprint density at radius 2 is 1.71 bits per heavy atom. The van der Waals surface area contributed by atoms with Crippen molar-refractivity contribution in [3.05, 3.63) is 115 Å². The summed E-state index contributed by atoms with van der Waals surface area (Å²) in [7, 11) is 2.16. The molecular formula is C33H41FN4. The van der Waals surface area contributed by atoms with Crippen LogP contribution in [0, 0.1) is 12.7 Å². The Balaban J connectivity index is 0.000000257. The second kappa shape index (κ2) is 14.4. The number of likely N-dealkylation sites (tertiary alicyclic amines) is 1. The average molecular weight is 513 g/mol. The summed E-state index contributed by atoms with van der Waals surface area (Å²) in [5, 5.41) is 0. The number of hydrogen-bond donors (Lipinski definition) is 0. The maximum atomic E-state index is 14.9. The van der Waals surface area contributed by atoms with Gasteiger partial charge >= 0.3 is 0 Å². The van der Waals surface area contributed by atoms with E-state index in [4.69, 9.17) is 0 Å². The zero-order valence-corrected chi connectivity index (χ0v) is 23.3. The van der Waals surface area contributed by atoms with Crippen LogP contribution in [0.15, 0.2) is 92.6 Å². The first-order valence-electron chi connectivity index (χ1n) is 13.6. The first kappa shape index (κ1) is 29.0. The lowest BCUT2D eigenvalue weighted by molar-refractivity contribution is 0.412. The van der Waals surface area contributed by atoms with Crippen LogP contribution in [0.5, 0.6) is 0 Å². The van der Waals surface area contributed by atoms with Gasteiger partial charge in [0, 0.05) is 30.2 Å². The van der Waals surface area contributed by atoms with E-state index in [1.54, 1.807) is 30.7 Å². The second-order valence-corrected chi connectivity index (χ2v) is 9.52. The van der Waals surface area contributed by atoms with E-state index in [1.165, 1.54) is 18.4 Å². The van der Waals surface area contributed by atoms with Gasteiger partial charge in [0.05, 0.1) is 17.5 Å². The van der Waals surface area contributed by atoms with Crippen LogP contribution in [0.4, 0.5) is 4.39 Å². The predicted octanol–water partition coefficient (Wildman–Crippen LogP) is 8.21. The zero-order valence-electron chi connectivity index (χ0n) is 23.3. The molecule has 1 aromatic carbocycles. The highest BCUT2D eigenvalue weighted by Crippen LogP contribution is 2.42. The molecule has 1 aliphatic carbocycles. The Hall–Kier alpha value is -3.57. The van der Waals surface area contributed by atoms with Crippen molar-refractivity contribution in [2.75, 3.05) is 20.1 Å². The van der Waals surface area contributed by atoms with Crippen LogP contribution in [-0.4, -0.2) is 39.4 Å². The maximum absolute atomic E-state index is 14.9. The highest BCUT2D eigenvalue weighted by atomic mass is 19.1. The van der Waals surface area contributed by atoms with Gasteiger partial charge in [-0.05, 0) is 99.1 Å². The monoisotopic (exact) mass is 512 g/mol. The van der Waals surface area contributed by atoms with Gasteiger partial charge in [-0.2, -0.15) is 0 Å². The van der Waals surface area contributed by atoms with Crippen molar-refractivity contribution >= 4 is 5.52 Å². The summed E-state index contributed by atoms with van der Waals surface area (Å²) in [5.41, 5.74) is 6.25. The minimum absolute atomic E-state index is 0.122. The molecule has 1 atom stereocenters. The standard InChI is InChI=1S/C21H22FN3.C6H7N.C4H6.C2H6/c1-24-9-7-16(12-24)18-11-21(25-13-23-8-6-20(18)25)17-5-4-15(10-19(17)22)14-2-3-14;1-6-4-2-3-5-7-6;1-3-4-2;1-2/h4-6,8,10-11,13-14,16H,2-3,7,9,12H2,1H3;2-5H,1H3;3-4H,1-2H2;1-2H3. The number of benzene rings is 1. The van der Waals surface area contributed by atoms with E-state index in [0.717, 1.165) is 42.0 Å². The average Bonchev–Trinajstić information content (AvgIpc) is 3.61. The molecule has 1 unspecified atom stereocenters. The Morgan fingerprint density at radius 1 is 0.947 bits per heavy atom. The summed E-state index contributed by atoms with van der Waals surface area (Å²) < 4.78 is 16.9. The molecule has 4 nitrogen and oxygen atoms in total. The maximum Gasteiger partial charge on any atom is 0.132 e. The first-order valence-corrected chi connectivity index (χ1v) is 13.6. The fraction of sp³-hybridized carbons (Fsp3) is 0.333. The quantitative estimate of drug-likeness (QED) is 0.258. The molecule has 2 aliphatic rings. The Kier molecular flexibility index (Phi) is 11.0. The molecule has 1 aliphatic heterocycles. The lowest BCUT2D eigenvalue weighted by Crippen LogP contribution is -2.13. The third-order valence-electron chi connectivity index (χ3n) is 6.74. The molecule has 1 saturated heterocycles. The van der Waals surface area contributed by atoms with Crippen molar-refractivity contribution in [1.82, 2.24) is 19.3 Å². The molecule has 4 heterocycles. The van der Waals surface area contributed by atoms with Crippen molar-refractivity contribution in [3.8, 4) is 11.3 Å². The molecule has 0 bridgehead atoms. The van der Waals surface area contributed by atoms with Gasteiger partial charge in [0.15, 0.2) is 0 Å². The molecule has 4 aromatic rings. The molecule has 0 radical (unpaired) electrons. The molecule has 5 heteroatoms. The number of rotatable bonds is 4. The molecule has 38 heavy (non-hydrogen) atoms. The fourth-order valence-electron chi connectivity index (χ4n) is 4.66. The van der Waals surface area contributed by atoms with E-state index < -0.39 is 0 Å². The molecule has 0 spiro atoms. The Morgan fingerprint density at radius 3 is 2.24 bits per heavy atom. The van der Waals surface area contributed by atoms with Crippen LogP contribution < -0.4 is 0 Å². The molecule has 200 valence electrons. The van der Waals surface area contributed by atoms with Crippen LogP contribution in [0.2, 0.25) is 0 Å². The number of halogens is 1. The number of aromatic nitrogens is 3. The fourth-order valence-corrected chi connectivity index (χ4v) is 4.66. The Bertz CT molecular complexity index is 1300. The summed E-state index contributed by atoms with van der Waals surface area (Å²) in [6.07, 6.45) is 12.2. The van der Waals surface area contributed by atoms with Gasteiger partial charge in [-0.1, -0.05) is 51.3 Å². The van der Waals surface area contributed by atoms with Gasteiger partial charge < -0.3 is 4.90 Å². The van der Waals surface area contributed by atoms with Crippen LogP contribution in [0.1, 0.15) is 61.8 Å². The van der Waals surface area contributed by atoms with E-state index >= 15 is 0 Å². The summed E-state index contributed by atoms with van der Waals surface area (Å²) >= 11 is 0. The number of allylic oxidation sites excluding steroid dienone is 2. The first-order chi connectivity index (χ1) is 18.5. The van der Waals surface area contributed by atoms with Crippen LogP contribution in [0.25, 0.3) is 16.8 Å². The topological polar surface area (TPSA) is 33.4 Å². The van der Waals surface area contributed by atoms with Crippen molar-refractivity contribution in [2.45, 2.75) is 51.9 Å². The van der Waals surface area contributed by atoms with Gasteiger partial charge in [-0.15, -0.1) is 0 Å². The van der Waals surface area contributed by atoms with Gasteiger partial charge in [0.25, 0.3) is 0 Å². The lowest BCUT2D eigenvalue weighted by atomic mass is 9.98. The van der Waals surface area contributed by atoms with Gasteiger partial charge in [-0.3, -0.25) is 9.38 Å². The van der Waals surface area contributed by atoms with E-state index in [9.17, 15) is 4.39 Å². The highest BCUT2D eigenvalue weighted by molar-refractivity contribution is 5.72. The minimum atomic E-state index is -0.122. The van der Waals surface area contributed by atoms with E-state index in [1.807, 2.05) is 61.7 Å². The van der Waals surface area contributed by atoms with Crippen LogP contribution in [-0.2, 0) is 0 Å². The van der Waals surface area contributed by atoms with E-state index in [-0.39, 0.29) is 5.82 Å². The second-order valence-electron chi connectivity index (χ2n) is 9.52. The van der Waals surface area contributed by atoms with Crippen LogP contribution >= 0.6 is 0 Å². The molecule has 6 rings (SSSR count). The number of nitrogens with zero attached hydrogens (tertiary/aromatic N) is 4. The normalized spacial score (nSPS) is 16.3. The molecule has 0 amide bonds. The van der Waals surface area contributed by atoms with Gasteiger partial charge in [0.2, 0.25) is 0 Å². The van der Waals surface area contributed by atoms with E-state index in [0.29, 0.717) is 17.4 Å². The van der Waals surface area contributed by atoms with E-state index in [2.05, 4.69) is 47.2 Å². The van der Waals surface area contributed by atoms with Crippen molar-refractivity contribution in [3.63, 3.8) is 0 Å². The summed E-state index contributed by atoms with van der Waals surface area (Å²) in [6.45, 7) is 14.9. The number of pyridine rings is 1. The van der Waals surface area contributed by atoms with Gasteiger partial charge in [-0.25, -0.2) is 9.37 Å². The number of aryl methyl sites for hydroxylation is 1. The SMILES string of the molecule is C=CC=C.CC.CN1CCC(c2cc(-c3ccc(C4CC4)cc3F)n3cnccc23)C1.Cc1ccccn1. The van der Waals surface area contributed by atoms with Crippen molar-refractivity contribution in [2.24, 2.45) is 0 Å². The highest BCUT2D eigenvalue weighted by Gasteiger charge is 2.27. The largest absolute Gasteiger partial charge is 0.306 e. The zero-order chi connectivity index (χ0) is 27.5. The third kappa shape index (κ3) is 7.48. The van der Waals surface area contributed by atoms with Crippen molar-refractivity contribution in [1.29, 1.82) is 0 Å². The number of fused-ring (bicyclic) bond motifs is 1. The molecular weight excluding hydrogens is 471 g/mol. The van der Waals surface area contributed by atoms with Gasteiger partial charge in [0.1, 0.15) is 5.82 Å². The predicted molar refractivity (Wildman–Crippen MR) is 158 cm³/mol. The third-order valence-corrected chi connectivity index (χ3v) is 6.74. The molecule has 1 saturated carbocycles. The summed E-state index contributed by atoms with van der Waals surface area (Å²) in [4.78, 5) is 10.6. The molecule has 0 N–H and O–H groups in total. The van der Waals surface area contributed by atoms with Crippen LogP contribution in [0.3, 0.4) is 0 Å². The van der Waals surface area contributed by atoms with Crippen molar-refractivity contribution < 1.29 is 4.39 Å². The molecule has 3 aromatic heterocycles.